The van der Waals surface area contributed by atoms with E-state index in [1.807, 2.05) is 0 Å². The minimum atomic E-state index is -0.100. The van der Waals surface area contributed by atoms with Gasteiger partial charge >= 0.3 is 0 Å². The molecule has 0 saturated heterocycles. The Bertz CT molecular complexity index is 3730. The molecule has 1 aromatic heterocycles. The molecule has 3 heterocycles. The molecule has 5 heteroatoms. The first kappa shape index (κ1) is 44.2. The third kappa shape index (κ3) is 6.88. The average molecular weight is 934 g/mol. The number of benzene rings is 9. The molecule has 0 atom stereocenters. The van der Waals surface area contributed by atoms with Gasteiger partial charge in [0, 0.05) is 56.1 Å². The summed E-state index contributed by atoms with van der Waals surface area (Å²) in [6, 6.07) is 72.5. The third-order valence-electron chi connectivity index (χ3n) is 16.3. The van der Waals surface area contributed by atoms with E-state index in [9.17, 15) is 0 Å². The van der Waals surface area contributed by atoms with Crippen LogP contribution in [0.1, 0.15) is 83.6 Å². The summed E-state index contributed by atoms with van der Waals surface area (Å²) in [5.41, 5.74) is 23.7. The first-order chi connectivity index (χ1) is 34.7. The van der Waals surface area contributed by atoms with Crippen molar-refractivity contribution in [2.45, 2.75) is 84.5 Å². The lowest BCUT2D eigenvalue weighted by Crippen LogP contribution is -2.62. The maximum atomic E-state index is 7.00. The lowest BCUT2D eigenvalue weighted by Gasteiger charge is -2.47. The number of hydrogen-bond acceptors (Lipinski definition) is 4. The predicted octanol–water partition coefficient (Wildman–Crippen LogP) is 16.8. The molecule has 0 amide bonds. The molecule has 0 radical (unpaired) electrons. The number of nitrogens with zero attached hydrogens (tertiary/aromatic N) is 3. The van der Waals surface area contributed by atoms with Gasteiger partial charge in [-0.05, 0) is 165 Å². The Morgan fingerprint density at radius 3 is 1.72 bits per heavy atom. The SMILES string of the molecule is Cc1cc2c3c(c1)N(c1cccc4c1oc1ccccc14)c1cc4c(cc1B3c1cc(N(c3ccccc3)c3ccccc3)ccc1N2c1ccc(C(C)(C)C)cc1-c1ccccc1)C(C)(C)CCC4(C)C. The van der Waals surface area contributed by atoms with Crippen LogP contribution in [0.15, 0.2) is 199 Å². The predicted molar refractivity (Wildman–Crippen MR) is 307 cm³/mol. The number of hydrogen-bond donors (Lipinski definition) is 0. The first-order valence-corrected chi connectivity index (χ1v) is 25.8. The highest BCUT2D eigenvalue weighted by Gasteiger charge is 2.47. The number of fused-ring (bicyclic) bond motifs is 8. The number of para-hydroxylation sites is 4. The van der Waals surface area contributed by atoms with E-state index in [2.05, 4.69) is 264 Å². The normalized spacial score (nSPS) is 15.2. The molecule has 4 nitrogen and oxygen atoms in total. The van der Waals surface area contributed by atoms with Crippen LogP contribution in [0, 0.1) is 6.92 Å². The van der Waals surface area contributed by atoms with Crippen molar-refractivity contribution in [1.82, 2.24) is 0 Å². The van der Waals surface area contributed by atoms with Gasteiger partial charge in [-0.15, -0.1) is 0 Å². The highest BCUT2D eigenvalue weighted by molar-refractivity contribution is 7.00. The van der Waals surface area contributed by atoms with Crippen LogP contribution in [0.4, 0.5) is 51.2 Å². The van der Waals surface area contributed by atoms with Crippen LogP contribution in [0.5, 0.6) is 0 Å². The number of aryl methyl sites for hydroxylation is 1. The Hall–Kier alpha value is -7.76. The molecule has 10 aromatic rings. The minimum Gasteiger partial charge on any atom is -0.454 e. The van der Waals surface area contributed by atoms with E-state index >= 15 is 0 Å². The molecule has 0 unspecified atom stereocenters. The van der Waals surface area contributed by atoms with Gasteiger partial charge in [0.1, 0.15) is 5.58 Å². The first-order valence-electron chi connectivity index (χ1n) is 25.8. The van der Waals surface area contributed by atoms with Crippen molar-refractivity contribution in [3.8, 4) is 11.1 Å². The summed E-state index contributed by atoms with van der Waals surface area (Å²) >= 11 is 0. The van der Waals surface area contributed by atoms with Crippen LogP contribution in [0.25, 0.3) is 33.1 Å². The second-order valence-corrected chi connectivity index (χ2v) is 22.9. The number of rotatable bonds is 6. The van der Waals surface area contributed by atoms with E-state index in [-0.39, 0.29) is 23.0 Å². The van der Waals surface area contributed by atoms with Gasteiger partial charge in [-0.25, -0.2) is 0 Å². The van der Waals surface area contributed by atoms with Gasteiger partial charge in [0.25, 0.3) is 6.71 Å². The Morgan fingerprint density at radius 2 is 1.06 bits per heavy atom. The van der Waals surface area contributed by atoms with Crippen LogP contribution in [-0.4, -0.2) is 6.71 Å². The van der Waals surface area contributed by atoms with Crippen molar-refractivity contribution in [3.63, 3.8) is 0 Å². The molecular formula is C67H60BN3O. The molecule has 0 fully saturated rings. The van der Waals surface area contributed by atoms with Crippen LogP contribution in [0.2, 0.25) is 0 Å². The molecule has 3 aliphatic rings. The van der Waals surface area contributed by atoms with Crippen molar-refractivity contribution < 1.29 is 4.42 Å². The summed E-state index contributed by atoms with van der Waals surface area (Å²) in [4.78, 5) is 7.59. The van der Waals surface area contributed by atoms with Gasteiger partial charge in [0.2, 0.25) is 0 Å². The summed E-state index contributed by atoms with van der Waals surface area (Å²) < 4.78 is 7.00. The molecule has 0 saturated carbocycles. The van der Waals surface area contributed by atoms with Crippen molar-refractivity contribution >= 4 is 96.2 Å². The summed E-state index contributed by atoms with van der Waals surface area (Å²) in [5, 5.41) is 2.25. The lowest BCUT2D eigenvalue weighted by atomic mass is 9.33. The summed E-state index contributed by atoms with van der Waals surface area (Å²) in [5.74, 6) is 0. The number of furan rings is 1. The maximum Gasteiger partial charge on any atom is 0.252 e. The van der Waals surface area contributed by atoms with Crippen LogP contribution < -0.4 is 31.1 Å². The molecule has 0 spiro atoms. The van der Waals surface area contributed by atoms with Gasteiger partial charge in [0.15, 0.2) is 5.58 Å². The quantitative estimate of drug-likeness (QED) is 0.155. The van der Waals surface area contributed by atoms with Crippen molar-refractivity contribution in [3.05, 3.63) is 216 Å². The van der Waals surface area contributed by atoms with Gasteiger partial charge < -0.3 is 19.1 Å². The van der Waals surface area contributed by atoms with Crippen molar-refractivity contribution in [1.29, 1.82) is 0 Å². The Balaban J connectivity index is 1.17. The van der Waals surface area contributed by atoms with E-state index in [1.54, 1.807) is 0 Å². The Morgan fingerprint density at radius 1 is 0.486 bits per heavy atom. The van der Waals surface area contributed by atoms with E-state index < -0.39 is 0 Å². The van der Waals surface area contributed by atoms with E-state index in [1.165, 1.54) is 72.5 Å². The fourth-order valence-electron chi connectivity index (χ4n) is 12.4. The van der Waals surface area contributed by atoms with Crippen molar-refractivity contribution in [2.75, 3.05) is 14.7 Å². The van der Waals surface area contributed by atoms with Gasteiger partial charge in [-0.1, -0.05) is 158 Å². The summed E-state index contributed by atoms with van der Waals surface area (Å²) in [7, 11) is 0. The zero-order valence-corrected chi connectivity index (χ0v) is 42.7. The minimum absolute atomic E-state index is 0.0116. The van der Waals surface area contributed by atoms with E-state index in [4.69, 9.17) is 4.42 Å². The molecule has 352 valence electrons. The fraction of sp³-hybridized carbons (Fsp3) is 0.194. The van der Waals surface area contributed by atoms with Gasteiger partial charge in [0.05, 0.1) is 11.4 Å². The Kier molecular flexibility index (Phi) is 9.90. The topological polar surface area (TPSA) is 22.9 Å². The molecule has 9 aromatic carbocycles. The van der Waals surface area contributed by atoms with Gasteiger partial charge in [-0.2, -0.15) is 0 Å². The second-order valence-electron chi connectivity index (χ2n) is 22.9. The summed E-state index contributed by atoms with van der Waals surface area (Å²) in [6.45, 7) is 19.0. The van der Waals surface area contributed by atoms with Gasteiger partial charge in [-0.3, -0.25) is 0 Å². The van der Waals surface area contributed by atoms with Crippen molar-refractivity contribution in [2.24, 2.45) is 0 Å². The molecule has 0 bridgehead atoms. The zero-order chi connectivity index (χ0) is 49.3. The maximum absolute atomic E-state index is 7.00. The molecular weight excluding hydrogens is 874 g/mol. The monoisotopic (exact) mass is 933 g/mol. The highest BCUT2D eigenvalue weighted by Crippen LogP contribution is 2.53. The fourth-order valence-corrected chi connectivity index (χ4v) is 12.4. The molecule has 2 aliphatic heterocycles. The van der Waals surface area contributed by atoms with Crippen LogP contribution >= 0.6 is 0 Å². The molecule has 13 rings (SSSR count). The second kappa shape index (κ2) is 16.1. The zero-order valence-electron chi connectivity index (χ0n) is 42.7. The highest BCUT2D eigenvalue weighted by atomic mass is 16.3. The molecule has 72 heavy (non-hydrogen) atoms. The molecule has 1 aliphatic carbocycles. The molecule has 0 N–H and O–H groups in total. The largest absolute Gasteiger partial charge is 0.454 e. The third-order valence-corrected chi connectivity index (χ3v) is 16.3. The Labute approximate surface area is 425 Å². The summed E-state index contributed by atoms with van der Waals surface area (Å²) in [6.07, 6.45) is 2.26. The standard InChI is InChI=1S/C67H60BN3O/c1-43-37-60-63-61(38-43)71(58-29-20-28-50-49-27-18-19-30-62(49)72-64(50)58)59-42-53-52(66(5,6)35-36-67(53,7)8)41-55(59)68(63)54-40-48(69(46-23-14-10-15-24-46)47-25-16-11-17-26-47)32-34-57(54)70(60)56-33-31-45(65(2,3)4)39-51(56)44-21-12-9-13-22-44/h9-34,37-42H,35-36H2,1-8H3. The average Bonchev–Trinajstić information content (AvgIpc) is 3.77. The van der Waals surface area contributed by atoms with E-state index in [0.717, 1.165) is 63.2 Å². The van der Waals surface area contributed by atoms with Crippen LogP contribution in [0.3, 0.4) is 0 Å². The number of anilines is 9. The van der Waals surface area contributed by atoms with Crippen LogP contribution in [-0.2, 0) is 16.2 Å². The van der Waals surface area contributed by atoms with E-state index in [0.29, 0.717) is 0 Å². The smallest absolute Gasteiger partial charge is 0.252 e. The lowest BCUT2D eigenvalue weighted by molar-refractivity contribution is 0.332.